The lowest BCUT2D eigenvalue weighted by atomic mass is 9.94. The number of benzene rings is 1. The van der Waals surface area contributed by atoms with Crippen molar-refractivity contribution in [1.29, 1.82) is 0 Å². The molecule has 2 heterocycles. The highest BCUT2D eigenvalue weighted by molar-refractivity contribution is 6.02. The topological polar surface area (TPSA) is 87.7 Å². The zero-order chi connectivity index (χ0) is 18.9. The molecule has 2 aliphatic heterocycles. The quantitative estimate of drug-likeness (QED) is 0.804. The first-order valence-corrected chi connectivity index (χ1v) is 9.03. The number of anilines is 1. The van der Waals surface area contributed by atoms with Gasteiger partial charge in [0.1, 0.15) is 11.7 Å². The molecule has 1 fully saturated rings. The summed E-state index contributed by atoms with van der Waals surface area (Å²) in [5.41, 5.74) is 1.77. The Labute approximate surface area is 153 Å². The number of nitrogens with one attached hydrogen (secondary N) is 2. The van der Waals surface area contributed by atoms with Crippen molar-refractivity contribution in [2.45, 2.75) is 51.7 Å². The minimum atomic E-state index is -0.684. The number of nitrogens with zero attached hydrogens (tertiary/aromatic N) is 1. The molecule has 0 aliphatic carbocycles. The van der Waals surface area contributed by atoms with E-state index in [1.165, 1.54) is 0 Å². The summed E-state index contributed by atoms with van der Waals surface area (Å²) < 4.78 is 5.04. The predicted molar refractivity (Wildman–Crippen MR) is 96.7 cm³/mol. The molecule has 1 aromatic rings. The molecular weight excluding hydrogens is 334 g/mol. The number of likely N-dealkylation sites (tertiary alicyclic amines) is 1. The van der Waals surface area contributed by atoms with Gasteiger partial charge in [0.2, 0.25) is 5.91 Å². The zero-order valence-electron chi connectivity index (χ0n) is 15.4. The number of ether oxygens (including phenoxy) is 1. The summed E-state index contributed by atoms with van der Waals surface area (Å²) in [5, 5.41) is 6.47. The summed E-state index contributed by atoms with van der Waals surface area (Å²) >= 11 is 0. The van der Waals surface area contributed by atoms with E-state index in [4.69, 9.17) is 4.74 Å². The van der Waals surface area contributed by atoms with Gasteiger partial charge in [-0.05, 0) is 44.9 Å². The van der Waals surface area contributed by atoms with E-state index >= 15 is 0 Å². The minimum Gasteiger partial charge on any atom is -0.464 e. The van der Waals surface area contributed by atoms with Crippen LogP contribution in [0.3, 0.4) is 0 Å². The van der Waals surface area contributed by atoms with E-state index in [2.05, 4.69) is 10.6 Å². The van der Waals surface area contributed by atoms with Crippen molar-refractivity contribution in [2.75, 3.05) is 18.5 Å². The molecular formula is C19H25N3O4. The van der Waals surface area contributed by atoms with Crippen molar-refractivity contribution >= 4 is 23.5 Å². The van der Waals surface area contributed by atoms with Crippen molar-refractivity contribution < 1.29 is 19.1 Å². The number of rotatable bonds is 3. The van der Waals surface area contributed by atoms with Gasteiger partial charge in [-0.2, -0.15) is 0 Å². The third-order valence-electron chi connectivity index (χ3n) is 5.11. The van der Waals surface area contributed by atoms with Gasteiger partial charge in [0, 0.05) is 25.1 Å². The molecule has 1 saturated heterocycles. The number of fused-ring (bicyclic) bond motifs is 1. The largest absolute Gasteiger partial charge is 0.464 e. The van der Waals surface area contributed by atoms with E-state index in [1.54, 1.807) is 24.8 Å². The fourth-order valence-electron chi connectivity index (χ4n) is 3.61. The molecule has 0 bridgehead atoms. The molecule has 2 atom stereocenters. The number of esters is 1. The second-order valence-electron chi connectivity index (χ2n) is 6.98. The van der Waals surface area contributed by atoms with Crippen molar-refractivity contribution in [2.24, 2.45) is 0 Å². The highest BCUT2D eigenvalue weighted by atomic mass is 16.5. The van der Waals surface area contributed by atoms with Gasteiger partial charge in [-0.1, -0.05) is 6.07 Å². The van der Waals surface area contributed by atoms with E-state index in [-0.39, 0.29) is 24.8 Å². The van der Waals surface area contributed by atoms with Crippen molar-refractivity contribution in [3.8, 4) is 0 Å². The Hall–Kier alpha value is -2.57. The van der Waals surface area contributed by atoms with Gasteiger partial charge in [0.25, 0.3) is 5.91 Å². The van der Waals surface area contributed by atoms with E-state index in [0.29, 0.717) is 24.9 Å². The molecule has 1 aromatic carbocycles. The molecule has 1 spiro atoms. The van der Waals surface area contributed by atoms with E-state index < -0.39 is 17.7 Å². The lowest BCUT2D eigenvalue weighted by Crippen LogP contribution is -2.58. The summed E-state index contributed by atoms with van der Waals surface area (Å²) in [6.07, 6.45) is 1.23. The van der Waals surface area contributed by atoms with Crippen LogP contribution in [-0.2, 0) is 14.3 Å². The summed E-state index contributed by atoms with van der Waals surface area (Å²) in [7, 11) is 0. The number of aryl methyl sites for hydroxylation is 1. The van der Waals surface area contributed by atoms with E-state index in [1.807, 2.05) is 19.1 Å². The maximum atomic E-state index is 12.5. The Kier molecular flexibility index (Phi) is 4.89. The molecule has 2 N–H and O–H groups in total. The van der Waals surface area contributed by atoms with Gasteiger partial charge in [-0.25, -0.2) is 4.79 Å². The van der Waals surface area contributed by atoms with Crippen molar-refractivity contribution in [3.05, 3.63) is 29.3 Å². The number of carbonyl (C=O) groups is 3. The van der Waals surface area contributed by atoms with Gasteiger partial charge < -0.3 is 20.3 Å². The summed E-state index contributed by atoms with van der Waals surface area (Å²) in [6, 6.07) is 5.02. The van der Waals surface area contributed by atoms with Crippen LogP contribution in [-0.4, -0.2) is 47.5 Å². The highest BCUT2D eigenvalue weighted by Crippen LogP contribution is 2.32. The zero-order valence-corrected chi connectivity index (χ0v) is 15.4. The first kappa shape index (κ1) is 18.2. The molecule has 0 radical (unpaired) electrons. The van der Waals surface area contributed by atoms with Crippen molar-refractivity contribution in [3.63, 3.8) is 0 Å². The van der Waals surface area contributed by atoms with Crippen LogP contribution in [0.1, 0.15) is 49.0 Å². The standard InChI is InChI=1S/C19H25N3O4/c1-4-26-18(25)13(3)22-10-9-19(8-7-16(22)23)20-15-11-12(2)5-6-14(15)17(24)21-19/h5-6,11,13,20H,4,7-10H2,1-3H3,(H,21,24)/t13-,19+/m1/s1. The Morgan fingerprint density at radius 1 is 1.31 bits per heavy atom. The molecule has 2 aliphatic rings. The van der Waals surface area contributed by atoms with Crippen LogP contribution < -0.4 is 10.6 Å². The molecule has 140 valence electrons. The third kappa shape index (κ3) is 3.38. The summed E-state index contributed by atoms with van der Waals surface area (Å²) in [5.74, 6) is -0.648. The van der Waals surface area contributed by atoms with Gasteiger partial charge in [0.15, 0.2) is 0 Å². The number of amides is 2. The normalized spacial score (nSPS) is 23.6. The van der Waals surface area contributed by atoms with Crippen LogP contribution in [0.25, 0.3) is 0 Å². The molecule has 0 unspecified atom stereocenters. The maximum Gasteiger partial charge on any atom is 0.328 e. The first-order chi connectivity index (χ1) is 12.3. The van der Waals surface area contributed by atoms with Crippen LogP contribution in [0.5, 0.6) is 0 Å². The fourth-order valence-corrected chi connectivity index (χ4v) is 3.61. The molecule has 2 amide bonds. The predicted octanol–water partition coefficient (Wildman–Crippen LogP) is 1.81. The second-order valence-corrected chi connectivity index (χ2v) is 6.98. The van der Waals surface area contributed by atoms with Crippen LogP contribution in [0, 0.1) is 6.92 Å². The molecule has 3 rings (SSSR count). The summed E-state index contributed by atoms with van der Waals surface area (Å²) in [6.45, 7) is 6.04. The Morgan fingerprint density at radius 3 is 2.81 bits per heavy atom. The minimum absolute atomic E-state index is 0.103. The van der Waals surface area contributed by atoms with Crippen LogP contribution >= 0.6 is 0 Å². The average molecular weight is 359 g/mol. The molecule has 0 saturated carbocycles. The Morgan fingerprint density at radius 2 is 2.08 bits per heavy atom. The van der Waals surface area contributed by atoms with E-state index in [9.17, 15) is 14.4 Å². The number of hydrogen-bond donors (Lipinski definition) is 2. The van der Waals surface area contributed by atoms with Gasteiger partial charge in [0.05, 0.1) is 12.2 Å². The fraction of sp³-hybridized carbons (Fsp3) is 0.526. The summed E-state index contributed by atoms with van der Waals surface area (Å²) in [4.78, 5) is 38.7. The third-order valence-corrected chi connectivity index (χ3v) is 5.11. The van der Waals surface area contributed by atoms with Gasteiger partial charge in [-0.3, -0.25) is 9.59 Å². The second kappa shape index (κ2) is 6.97. The highest BCUT2D eigenvalue weighted by Gasteiger charge is 2.42. The lowest BCUT2D eigenvalue weighted by molar-refractivity contribution is -0.153. The number of carbonyl (C=O) groups excluding carboxylic acids is 3. The Balaban J connectivity index is 1.80. The SMILES string of the molecule is CCOC(=O)[C@@H](C)N1CC[C@]2(CCC1=O)NC(=O)c1ccc(C)cc1N2. The molecule has 0 aromatic heterocycles. The monoisotopic (exact) mass is 359 g/mol. The maximum absolute atomic E-state index is 12.5. The molecule has 7 nitrogen and oxygen atoms in total. The first-order valence-electron chi connectivity index (χ1n) is 9.03. The van der Waals surface area contributed by atoms with Crippen LogP contribution in [0.15, 0.2) is 18.2 Å². The van der Waals surface area contributed by atoms with Crippen LogP contribution in [0.2, 0.25) is 0 Å². The van der Waals surface area contributed by atoms with Crippen LogP contribution in [0.4, 0.5) is 5.69 Å². The van der Waals surface area contributed by atoms with Gasteiger partial charge in [-0.15, -0.1) is 0 Å². The molecule has 26 heavy (non-hydrogen) atoms. The Bertz CT molecular complexity index is 748. The van der Waals surface area contributed by atoms with Gasteiger partial charge >= 0.3 is 5.97 Å². The average Bonchev–Trinajstić information content (AvgIpc) is 2.74. The van der Waals surface area contributed by atoms with Crippen molar-refractivity contribution in [1.82, 2.24) is 10.2 Å². The smallest absolute Gasteiger partial charge is 0.328 e. The molecule has 7 heteroatoms. The van der Waals surface area contributed by atoms with E-state index in [0.717, 1.165) is 11.3 Å². The lowest BCUT2D eigenvalue weighted by Gasteiger charge is -2.40. The number of hydrogen-bond acceptors (Lipinski definition) is 5.